The Morgan fingerprint density at radius 3 is 2.90 bits per heavy atom. The number of rotatable bonds is 7. The van der Waals surface area contributed by atoms with Crippen LogP contribution in [0.4, 0.5) is 0 Å². The fourth-order valence-corrected chi connectivity index (χ4v) is 2.89. The fourth-order valence-electron chi connectivity index (χ4n) is 2.89. The summed E-state index contributed by atoms with van der Waals surface area (Å²) in [6.07, 6.45) is 3.71. The molecule has 0 amide bonds. The fraction of sp³-hybridized carbons (Fsp3) is 0.667. The molecule has 1 aliphatic heterocycles. The summed E-state index contributed by atoms with van der Waals surface area (Å²) in [5, 5.41) is 7.28. The highest BCUT2D eigenvalue weighted by Crippen LogP contribution is 2.23. The van der Waals surface area contributed by atoms with Crippen molar-refractivity contribution < 1.29 is 0 Å². The maximum atomic E-state index is 3.76. The van der Waals surface area contributed by atoms with Crippen LogP contribution in [0, 0.1) is 0 Å². The smallest absolute Gasteiger partial charge is 0.0335 e. The van der Waals surface area contributed by atoms with Crippen molar-refractivity contribution in [3.8, 4) is 0 Å². The minimum absolute atomic E-state index is 0.513. The van der Waals surface area contributed by atoms with Gasteiger partial charge in [-0.15, -0.1) is 0 Å². The third-order valence-corrected chi connectivity index (χ3v) is 4.57. The molecule has 1 aromatic carbocycles. The third-order valence-electron chi connectivity index (χ3n) is 4.57. The van der Waals surface area contributed by atoms with Gasteiger partial charge in [-0.05, 0) is 70.9 Å². The highest BCUT2D eigenvalue weighted by atomic mass is 15.1. The summed E-state index contributed by atoms with van der Waals surface area (Å²) in [6.45, 7) is 8.94. The van der Waals surface area contributed by atoms with Crippen LogP contribution in [0.1, 0.15) is 50.3 Å². The predicted molar refractivity (Wildman–Crippen MR) is 90.5 cm³/mol. The molecule has 3 heteroatoms. The maximum absolute atomic E-state index is 3.76. The van der Waals surface area contributed by atoms with Crippen LogP contribution in [0.3, 0.4) is 0 Å². The summed E-state index contributed by atoms with van der Waals surface area (Å²) in [7, 11) is 2.21. The van der Waals surface area contributed by atoms with E-state index in [0.717, 1.165) is 19.6 Å². The molecule has 1 atom stereocenters. The highest BCUT2D eigenvalue weighted by molar-refractivity contribution is 5.30. The molecular formula is C18H31N3. The number of nitrogens with one attached hydrogen (secondary N) is 2. The number of nitrogens with zero attached hydrogens (tertiary/aromatic N) is 1. The first kappa shape index (κ1) is 16.5. The minimum Gasteiger partial charge on any atom is -0.313 e. The Labute approximate surface area is 130 Å². The van der Waals surface area contributed by atoms with Crippen LogP contribution in [0.15, 0.2) is 24.3 Å². The normalized spacial score (nSPS) is 18.8. The molecule has 0 aromatic heterocycles. The van der Waals surface area contributed by atoms with Gasteiger partial charge in [-0.25, -0.2) is 0 Å². The molecule has 0 bridgehead atoms. The van der Waals surface area contributed by atoms with Crippen LogP contribution in [-0.4, -0.2) is 37.6 Å². The number of hydrogen-bond donors (Lipinski definition) is 2. The lowest BCUT2D eigenvalue weighted by Gasteiger charge is -2.22. The highest BCUT2D eigenvalue weighted by Gasteiger charge is 2.16. The van der Waals surface area contributed by atoms with Gasteiger partial charge in [0.25, 0.3) is 0 Å². The largest absolute Gasteiger partial charge is 0.313 e. The van der Waals surface area contributed by atoms with Gasteiger partial charge in [0.05, 0.1) is 0 Å². The van der Waals surface area contributed by atoms with Gasteiger partial charge < -0.3 is 15.5 Å². The second kappa shape index (κ2) is 8.52. The molecule has 3 nitrogen and oxygen atoms in total. The van der Waals surface area contributed by atoms with E-state index in [2.05, 4.69) is 60.7 Å². The standard InChI is InChI=1S/C18H31N3/c1-15(2)21(3)13-7-6-11-20-18-10-12-19-14-16-8-4-5-9-17(16)18/h4-5,8-9,15,18-20H,6-7,10-14H2,1-3H3. The van der Waals surface area contributed by atoms with Crippen LogP contribution in [0.25, 0.3) is 0 Å². The maximum Gasteiger partial charge on any atom is 0.0335 e. The van der Waals surface area contributed by atoms with E-state index in [0.29, 0.717) is 12.1 Å². The summed E-state index contributed by atoms with van der Waals surface area (Å²) in [4.78, 5) is 2.42. The zero-order chi connectivity index (χ0) is 15.1. The molecule has 0 saturated carbocycles. The summed E-state index contributed by atoms with van der Waals surface area (Å²) in [6, 6.07) is 10.0. The Morgan fingerprint density at radius 2 is 2.10 bits per heavy atom. The molecule has 1 aromatic rings. The van der Waals surface area contributed by atoms with Crippen molar-refractivity contribution >= 4 is 0 Å². The van der Waals surface area contributed by atoms with Gasteiger partial charge >= 0.3 is 0 Å². The molecular weight excluding hydrogens is 258 g/mol. The average molecular weight is 289 g/mol. The van der Waals surface area contributed by atoms with Crippen LogP contribution >= 0.6 is 0 Å². The van der Waals surface area contributed by atoms with E-state index in [9.17, 15) is 0 Å². The third kappa shape index (κ3) is 5.10. The van der Waals surface area contributed by atoms with Crippen LogP contribution in [0.5, 0.6) is 0 Å². The minimum atomic E-state index is 0.513. The molecule has 0 saturated heterocycles. The van der Waals surface area contributed by atoms with E-state index < -0.39 is 0 Å². The van der Waals surface area contributed by atoms with E-state index in [1.54, 1.807) is 0 Å². The van der Waals surface area contributed by atoms with Gasteiger partial charge in [-0.3, -0.25) is 0 Å². The van der Waals surface area contributed by atoms with Gasteiger partial charge in [0.15, 0.2) is 0 Å². The Bertz CT molecular complexity index is 417. The van der Waals surface area contributed by atoms with Gasteiger partial charge in [-0.1, -0.05) is 24.3 Å². The van der Waals surface area contributed by atoms with Crippen LogP contribution < -0.4 is 10.6 Å². The van der Waals surface area contributed by atoms with Crippen LogP contribution in [-0.2, 0) is 6.54 Å². The number of fused-ring (bicyclic) bond motifs is 1. The van der Waals surface area contributed by atoms with E-state index in [-0.39, 0.29) is 0 Å². The Balaban J connectivity index is 1.76. The van der Waals surface area contributed by atoms with Gasteiger partial charge in [-0.2, -0.15) is 0 Å². The quantitative estimate of drug-likeness (QED) is 0.756. The summed E-state index contributed by atoms with van der Waals surface area (Å²) in [5.41, 5.74) is 2.94. The molecule has 118 valence electrons. The number of hydrogen-bond acceptors (Lipinski definition) is 3. The molecule has 0 spiro atoms. The molecule has 2 N–H and O–H groups in total. The molecule has 0 radical (unpaired) electrons. The van der Waals surface area contributed by atoms with Crippen molar-refractivity contribution in [2.75, 3.05) is 26.7 Å². The average Bonchev–Trinajstić information content (AvgIpc) is 2.69. The summed E-state index contributed by atoms with van der Waals surface area (Å²) < 4.78 is 0. The second-order valence-electron chi connectivity index (χ2n) is 6.45. The molecule has 21 heavy (non-hydrogen) atoms. The lowest BCUT2D eigenvalue weighted by atomic mass is 9.99. The Morgan fingerprint density at radius 1 is 1.29 bits per heavy atom. The molecule has 2 rings (SSSR count). The van der Waals surface area contributed by atoms with E-state index in [4.69, 9.17) is 0 Å². The number of benzene rings is 1. The zero-order valence-corrected chi connectivity index (χ0v) is 13.9. The Hall–Kier alpha value is -0.900. The van der Waals surface area contributed by atoms with Crippen molar-refractivity contribution in [3.63, 3.8) is 0 Å². The molecule has 1 heterocycles. The monoisotopic (exact) mass is 289 g/mol. The SMILES string of the molecule is CC(C)N(C)CCCCNC1CCNCc2ccccc21. The van der Waals surface area contributed by atoms with Crippen LogP contribution in [0.2, 0.25) is 0 Å². The van der Waals surface area contributed by atoms with Crippen molar-refractivity contribution in [3.05, 3.63) is 35.4 Å². The zero-order valence-electron chi connectivity index (χ0n) is 13.9. The molecule has 1 unspecified atom stereocenters. The first-order chi connectivity index (χ1) is 10.2. The first-order valence-corrected chi connectivity index (χ1v) is 8.40. The van der Waals surface area contributed by atoms with Gasteiger partial charge in [0, 0.05) is 18.6 Å². The molecule has 0 aliphatic carbocycles. The van der Waals surface area contributed by atoms with Crippen molar-refractivity contribution in [2.24, 2.45) is 0 Å². The van der Waals surface area contributed by atoms with Gasteiger partial charge in [0.1, 0.15) is 0 Å². The van der Waals surface area contributed by atoms with E-state index in [1.807, 2.05) is 0 Å². The van der Waals surface area contributed by atoms with E-state index >= 15 is 0 Å². The summed E-state index contributed by atoms with van der Waals surface area (Å²) in [5.74, 6) is 0. The summed E-state index contributed by atoms with van der Waals surface area (Å²) >= 11 is 0. The molecule has 0 fully saturated rings. The number of unbranched alkanes of at least 4 members (excludes halogenated alkanes) is 1. The predicted octanol–water partition coefficient (Wildman–Crippen LogP) is 2.93. The van der Waals surface area contributed by atoms with E-state index in [1.165, 1.54) is 36.9 Å². The lowest BCUT2D eigenvalue weighted by molar-refractivity contribution is 0.267. The molecule has 1 aliphatic rings. The topological polar surface area (TPSA) is 27.3 Å². The van der Waals surface area contributed by atoms with Crippen molar-refractivity contribution in [1.29, 1.82) is 0 Å². The first-order valence-electron chi connectivity index (χ1n) is 8.40. The Kier molecular flexibility index (Phi) is 6.68. The van der Waals surface area contributed by atoms with Crippen molar-refractivity contribution in [2.45, 2.75) is 51.7 Å². The van der Waals surface area contributed by atoms with Gasteiger partial charge in [0.2, 0.25) is 0 Å². The van der Waals surface area contributed by atoms with Crippen molar-refractivity contribution in [1.82, 2.24) is 15.5 Å². The lowest BCUT2D eigenvalue weighted by Crippen LogP contribution is -2.28. The second-order valence-corrected chi connectivity index (χ2v) is 6.45.